The first kappa shape index (κ1) is 25.3. The minimum Gasteiger partial charge on any atom is -0.462 e. The molecule has 0 aromatic heterocycles. The van der Waals surface area contributed by atoms with Gasteiger partial charge in [-0.1, -0.05) is 30.3 Å². The lowest BCUT2D eigenvalue weighted by molar-refractivity contribution is -0.172. The highest BCUT2D eigenvalue weighted by molar-refractivity contribution is 6.01. The van der Waals surface area contributed by atoms with Gasteiger partial charge in [-0.3, -0.25) is 4.79 Å². The fourth-order valence-corrected chi connectivity index (χ4v) is 2.92. The summed E-state index contributed by atoms with van der Waals surface area (Å²) in [7, 11) is 0. The molecule has 0 saturated carbocycles. The Hall–Kier alpha value is -2.98. The summed E-state index contributed by atoms with van der Waals surface area (Å²) in [6.07, 6.45) is -11.3. The maximum absolute atomic E-state index is 14.4. The van der Waals surface area contributed by atoms with E-state index in [1.807, 2.05) is 0 Å². The van der Waals surface area contributed by atoms with Crippen LogP contribution in [0.15, 0.2) is 48.5 Å². The first-order valence-electron chi connectivity index (χ1n) is 9.10. The molecule has 0 heterocycles. The SMILES string of the molecule is CCOC(=O)C(F)(F)C[C@H](C(=O)c1cccc(C(F)(F)F)c1)c1cccc(C(F)(F)F)c1. The van der Waals surface area contributed by atoms with Gasteiger partial charge in [0.15, 0.2) is 5.78 Å². The van der Waals surface area contributed by atoms with Crippen LogP contribution >= 0.6 is 0 Å². The Labute approximate surface area is 177 Å². The van der Waals surface area contributed by atoms with E-state index < -0.39 is 71.2 Å². The molecule has 174 valence electrons. The Kier molecular flexibility index (Phi) is 7.31. The fraction of sp³-hybridized carbons (Fsp3) is 0.333. The van der Waals surface area contributed by atoms with E-state index in [1.165, 1.54) is 6.92 Å². The summed E-state index contributed by atoms with van der Waals surface area (Å²) in [5.41, 5.74) is -3.69. The lowest BCUT2D eigenvalue weighted by Crippen LogP contribution is -2.34. The summed E-state index contributed by atoms with van der Waals surface area (Å²) in [6, 6.07) is 5.73. The van der Waals surface area contributed by atoms with E-state index in [0.29, 0.717) is 24.3 Å². The van der Waals surface area contributed by atoms with E-state index in [0.717, 1.165) is 24.3 Å². The normalized spacial score (nSPS) is 13.5. The van der Waals surface area contributed by atoms with Crippen molar-refractivity contribution in [3.05, 3.63) is 70.8 Å². The van der Waals surface area contributed by atoms with Gasteiger partial charge in [0.1, 0.15) is 0 Å². The third-order valence-electron chi connectivity index (χ3n) is 4.44. The zero-order valence-corrected chi connectivity index (χ0v) is 16.4. The van der Waals surface area contributed by atoms with Crippen LogP contribution in [0.25, 0.3) is 0 Å². The largest absolute Gasteiger partial charge is 0.462 e. The number of halogens is 8. The molecular weight excluding hydrogens is 452 g/mol. The van der Waals surface area contributed by atoms with Crippen LogP contribution in [-0.4, -0.2) is 24.3 Å². The van der Waals surface area contributed by atoms with Crippen molar-refractivity contribution in [2.24, 2.45) is 0 Å². The Bertz CT molecular complexity index is 979. The Morgan fingerprint density at radius 1 is 0.844 bits per heavy atom. The van der Waals surface area contributed by atoms with Crippen molar-refractivity contribution in [3.63, 3.8) is 0 Å². The van der Waals surface area contributed by atoms with Crippen LogP contribution in [0.3, 0.4) is 0 Å². The number of alkyl halides is 8. The second kappa shape index (κ2) is 9.25. The molecule has 3 nitrogen and oxygen atoms in total. The molecule has 0 aliphatic rings. The summed E-state index contributed by atoms with van der Waals surface area (Å²) in [5, 5.41) is 0. The quantitative estimate of drug-likeness (QED) is 0.273. The average Bonchev–Trinajstić information content (AvgIpc) is 2.70. The molecule has 1 atom stereocenters. The second-order valence-electron chi connectivity index (χ2n) is 6.75. The lowest BCUT2D eigenvalue weighted by Gasteiger charge is -2.23. The molecule has 0 radical (unpaired) electrons. The van der Waals surface area contributed by atoms with Gasteiger partial charge in [-0.15, -0.1) is 0 Å². The number of carbonyl (C=O) groups is 2. The molecule has 0 aliphatic carbocycles. The second-order valence-corrected chi connectivity index (χ2v) is 6.75. The van der Waals surface area contributed by atoms with E-state index in [2.05, 4.69) is 4.74 Å². The van der Waals surface area contributed by atoms with Crippen molar-refractivity contribution < 1.29 is 49.4 Å². The average molecular weight is 468 g/mol. The van der Waals surface area contributed by atoms with E-state index >= 15 is 0 Å². The van der Waals surface area contributed by atoms with Crippen molar-refractivity contribution in [2.75, 3.05) is 6.61 Å². The van der Waals surface area contributed by atoms with Crippen molar-refractivity contribution in [3.8, 4) is 0 Å². The minimum absolute atomic E-state index is 0.408. The molecular formula is C21H16F8O3. The molecule has 2 rings (SSSR count). The predicted molar refractivity (Wildman–Crippen MR) is 96.2 cm³/mol. The highest BCUT2D eigenvalue weighted by Crippen LogP contribution is 2.38. The first-order chi connectivity index (χ1) is 14.7. The molecule has 0 fully saturated rings. The van der Waals surface area contributed by atoms with Crippen LogP contribution in [0.1, 0.15) is 46.3 Å². The zero-order valence-electron chi connectivity index (χ0n) is 16.4. The van der Waals surface area contributed by atoms with Crippen LogP contribution in [0.2, 0.25) is 0 Å². The first-order valence-corrected chi connectivity index (χ1v) is 9.10. The standard InChI is InChI=1S/C21H16F8O3/c1-2-32-18(31)19(22,23)11-16(12-5-3-7-14(9-12)20(24,25)26)17(30)13-6-4-8-15(10-13)21(27,28)29/h3-10,16H,2,11H2,1H3/t16-/m0/s1. The van der Waals surface area contributed by atoms with Crippen molar-refractivity contribution >= 4 is 11.8 Å². The van der Waals surface area contributed by atoms with Crippen molar-refractivity contribution in [1.29, 1.82) is 0 Å². The van der Waals surface area contributed by atoms with Gasteiger partial charge in [0, 0.05) is 12.0 Å². The Balaban J connectivity index is 2.57. The van der Waals surface area contributed by atoms with Crippen molar-refractivity contribution in [2.45, 2.75) is 37.5 Å². The number of esters is 1. The van der Waals surface area contributed by atoms with Gasteiger partial charge in [0.25, 0.3) is 0 Å². The highest BCUT2D eigenvalue weighted by atomic mass is 19.4. The van der Waals surface area contributed by atoms with Crippen LogP contribution in [0.5, 0.6) is 0 Å². The molecule has 0 spiro atoms. The number of ketones is 1. The summed E-state index contributed by atoms with van der Waals surface area (Å²) >= 11 is 0. The molecule has 32 heavy (non-hydrogen) atoms. The summed E-state index contributed by atoms with van der Waals surface area (Å²) in [6.45, 7) is 0.816. The van der Waals surface area contributed by atoms with Gasteiger partial charge >= 0.3 is 24.2 Å². The number of benzene rings is 2. The van der Waals surface area contributed by atoms with Gasteiger partial charge in [-0.2, -0.15) is 35.1 Å². The molecule has 0 unspecified atom stereocenters. The third kappa shape index (κ3) is 6.04. The highest BCUT2D eigenvalue weighted by Gasteiger charge is 2.45. The number of rotatable bonds is 7. The molecule has 11 heteroatoms. The van der Waals surface area contributed by atoms with Crippen molar-refractivity contribution in [1.82, 2.24) is 0 Å². The molecule has 0 N–H and O–H groups in total. The molecule has 0 saturated heterocycles. The van der Waals surface area contributed by atoms with E-state index in [9.17, 15) is 44.7 Å². The minimum atomic E-state index is -4.87. The fourth-order valence-electron chi connectivity index (χ4n) is 2.92. The number of Topliss-reactive ketones (excluding diaryl/α,β-unsaturated/α-hetero) is 1. The maximum Gasteiger partial charge on any atom is 0.416 e. The lowest BCUT2D eigenvalue weighted by atomic mass is 9.84. The smallest absolute Gasteiger partial charge is 0.416 e. The monoisotopic (exact) mass is 468 g/mol. The van der Waals surface area contributed by atoms with Crippen LogP contribution in [0, 0.1) is 0 Å². The van der Waals surface area contributed by atoms with Gasteiger partial charge in [0.05, 0.1) is 23.7 Å². The van der Waals surface area contributed by atoms with E-state index in [-0.39, 0.29) is 0 Å². The molecule has 0 amide bonds. The molecule has 0 bridgehead atoms. The molecule has 2 aromatic carbocycles. The topological polar surface area (TPSA) is 43.4 Å². The van der Waals surface area contributed by atoms with Gasteiger partial charge < -0.3 is 4.74 Å². The number of hydrogen-bond acceptors (Lipinski definition) is 3. The Morgan fingerprint density at radius 2 is 1.38 bits per heavy atom. The van der Waals surface area contributed by atoms with Gasteiger partial charge in [0.2, 0.25) is 0 Å². The number of carbonyl (C=O) groups excluding carboxylic acids is 2. The third-order valence-corrected chi connectivity index (χ3v) is 4.44. The predicted octanol–water partition coefficient (Wildman–Crippen LogP) is 6.28. The summed E-state index contributed by atoms with van der Waals surface area (Å²) < 4.78 is 111. The van der Waals surface area contributed by atoms with Crippen LogP contribution < -0.4 is 0 Å². The van der Waals surface area contributed by atoms with Gasteiger partial charge in [-0.25, -0.2) is 4.79 Å². The van der Waals surface area contributed by atoms with Crippen LogP contribution in [-0.2, 0) is 21.9 Å². The Morgan fingerprint density at radius 3 is 1.91 bits per heavy atom. The number of ether oxygens (including phenoxy) is 1. The summed E-state index contributed by atoms with van der Waals surface area (Å²) in [5.74, 6) is -9.65. The van der Waals surface area contributed by atoms with E-state index in [1.54, 1.807) is 0 Å². The molecule has 2 aromatic rings. The zero-order chi connectivity index (χ0) is 24.3. The van der Waals surface area contributed by atoms with Gasteiger partial charge in [-0.05, 0) is 30.7 Å². The number of hydrogen-bond donors (Lipinski definition) is 0. The maximum atomic E-state index is 14.4. The van der Waals surface area contributed by atoms with E-state index in [4.69, 9.17) is 0 Å². The van der Waals surface area contributed by atoms with Crippen LogP contribution in [0.4, 0.5) is 35.1 Å². The summed E-state index contributed by atoms with van der Waals surface area (Å²) in [4.78, 5) is 24.5. The molecule has 0 aliphatic heterocycles.